The molecule has 3 aliphatic rings. The Morgan fingerprint density at radius 2 is 1.79 bits per heavy atom. The Kier molecular flexibility index (Phi) is 5.13. The summed E-state index contributed by atoms with van der Waals surface area (Å²) in [6.45, 7) is 6.65. The fourth-order valence-electron chi connectivity index (χ4n) is 4.88. The summed E-state index contributed by atoms with van der Waals surface area (Å²) in [7, 11) is 0. The monoisotopic (exact) mass is 449 g/mol. The number of carbonyl (C=O) groups is 1. The molecule has 3 aromatic heterocycles. The van der Waals surface area contributed by atoms with Gasteiger partial charge in [0.2, 0.25) is 5.91 Å². The van der Waals surface area contributed by atoms with E-state index in [0.717, 1.165) is 67.4 Å². The molecule has 8 nitrogen and oxygen atoms in total. The first kappa shape index (κ1) is 20.4. The van der Waals surface area contributed by atoms with Gasteiger partial charge in [-0.2, -0.15) is 5.10 Å². The standard InChI is InChI=1S/C24H28FN7O/c25-20-14-19(20)24(33)31-11-9-29(10-12-31)21-3-4-28-32-16-18(13-22(21)32)17-1-2-23(27-15-17)30-7-5-26-6-8-30/h1-4,13,15-16,19-20,26H,5-12,14H2/t19-,20-/m1/s1. The lowest BCUT2D eigenvalue weighted by molar-refractivity contribution is -0.133. The minimum absolute atomic E-state index is 0.0243. The molecule has 1 N–H and O–H groups in total. The number of nitrogens with one attached hydrogen (secondary N) is 1. The summed E-state index contributed by atoms with van der Waals surface area (Å²) in [5.74, 6) is 0.591. The van der Waals surface area contributed by atoms with Crippen LogP contribution in [0.1, 0.15) is 6.42 Å². The van der Waals surface area contributed by atoms with E-state index in [1.165, 1.54) is 0 Å². The maximum absolute atomic E-state index is 13.3. The third kappa shape index (κ3) is 3.90. The quantitative estimate of drug-likeness (QED) is 0.655. The summed E-state index contributed by atoms with van der Waals surface area (Å²) in [5.41, 5.74) is 4.27. The molecule has 3 aromatic rings. The average Bonchev–Trinajstić information content (AvgIpc) is 3.44. The lowest BCUT2D eigenvalue weighted by atomic mass is 10.1. The molecule has 1 saturated carbocycles. The number of carbonyl (C=O) groups excluding carboxylic acids is 1. The maximum atomic E-state index is 13.3. The van der Waals surface area contributed by atoms with Crippen molar-refractivity contribution in [3.05, 3.63) is 42.9 Å². The minimum Gasteiger partial charge on any atom is -0.366 e. The van der Waals surface area contributed by atoms with E-state index >= 15 is 0 Å². The number of rotatable bonds is 4. The largest absolute Gasteiger partial charge is 0.366 e. The van der Waals surface area contributed by atoms with Gasteiger partial charge >= 0.3 is 0 Å². The zero-order valence-electron chi connectivity index (χ0n) is 18.5. The van der Waals surface area contributed by atoms with Gasteiger partial charge in [-0.15, -0.1) is 0 Å². The molecule has 9 heteroatoms. The summed E-state index contributed by atoms with van der Waals surface area (Å²) >= 11 is 0. The van der Waals surface area contributed by atoms with Crippen LogP contribution in [0, 0.1) is 5.92 Å². The molecular weight excluding hydrogens is 421 g/mol. The van der Waals surface area contributed by atoms with Gasteiger partial charge in [-0.25, -0.2) is 13.9 Å². The predicted octanol–water partition coefficient (Wildman–Crippen LogP) is 1.81. The Morgan fingerprint density at radius 3 is 2.48 bits per heavy atom. The molecule has 0 bridgehead atoms. The van der Waals surface area contributed by atoms with Crippen LogP contribution < -0.4 is 15.1 Å². The van der Waals surface area contributed by atoms with Gasteiger partial charge in [-0.1, -0.05) is 0 Å². The number of nitrogens with zero attached hydrogens (tertiary/aromatic N) is 6. The normalized spacial score (nSPS) is 23.2. The van der Waals surface area contributed by atoms with Crippen LogP contribution in [-0.4, -0.2) is 83.9 Å². The van der Waals surface area contributed by atoms with Gasteiger partial charge in [0.1, 0.15) is 12.0 Å². The highest BCUT2D eigenvalue weighted by Crippen LogP contribution is 2.36. The van der Waals surface area contributed by atoms with Gasteiger partial charge in [-0.3, -0.25) is 4.79 Å². The van der Waals surface area contributed by atoms with Crippen LogP contribution in [0.5, 0.6) is 0 Å². The topological polar surface area (TPSA) is 69.0 Å². The molecule has 0 spiro atoms. The maximum Gasteiger partial charge on any atom is 0.228 e. The zero-order valence-corrected chi connectivity index (χ0v) is 18.5. The molecule has 0 aromatic carbocycles. The predicted molar refractivity (Wildman–Crippen MR) is 125 cm³/mol. The van der Waals surface area contributed by atoms with Crippen molar-refractivity contribution in [3.63, 3.8) is 0 Å². The van der Waals surface area contributed by atoms with Gasteiger partial charge in [0.05, 0.1) is 17.1 Å². The zero-order chi connectivity index (χ0) is 22.4. The number of piperazine rings is 2. The molecule has 2 atom stereocenters. The summed E-state index contributed by atoms with van der Waals surface area (Å²) in [5, 5.41) is 7.87. The van der Waals surface area contributed by atoms with Crippen LogP contribution in [0.3, 0.4) is 0 Å². The molecule has 2 aliphatic heterocycles. The van der Waals surface area contributed by atoms with Gasteiger partial charge in [0, 0.05) is 82.1 Å². The van der Waals surface area contributed by atoms with E-state index in [4.69, 9.17) is 4.98 Å². The Hall–Kier alpha value is -3.20. The number of anilines is 2. The van der Waals surface area contributed by atoms with Crippen LogP contribution in [0.2, 0.25) is 0 Å². The highest BCUT2D eigenvalue weighted by atomic mass is 19.1. The first-order chi connectivity index (χ1) is 16.2. The number of hydrogen-bond acceptors (Lipinski definition) is 6. The second-order valence-corrected chi connectivity index (χ2v) is 9.09. The third-order valence-electron chi connectivity index (χ3n) is 6.97. The molecule has 172 valence electrons. The fourth-order valence-corrected chi connectivity index (χ4v) is 4.88. The van der Waals surface area contributed by atoms with E-state index in [2.05, 4.69) is 38.4 Å². The highest BCUT2D eigenvalue weighted by molar-refractivity contribution is 5.83. The molecular formula is C24H28FN7O. The van der Waals surface area contributed by atoms with E-state index in [0.29, 0.717) is 19.5 Å². The molecule has 33 heavy (non-hydrogen) atoms. The summed E-state index contributed by atoms with van der Waals surface area (Å²) in [6, 6.07) is 8.40. The number of alkyl halides is 1. The first-order valence-corrected chi connectivity index (χ1v) is 11.7. The summed E-state index contributed by atoms with van der Waals surface area (Å²) in [4.78, 5) is 23.5. The van der Waals surface area contributed by atoms with E-state index in [-0.39, 0.29) is 5.91 Å². The Balaban J connectivity index is 1.19. The van der Waals surface area contributed by atoms with Crippen LogP contribution in [0.25, 0.3) is 16.6 Å². The van der Waals surface area contributed by atoms with Crippen molar-refractivity contribution >= 4 is 22.9 Å². The molecule has 1 amide bonds. The first-order valence-electron chi connectivity index (χ1n) is 11.7. The van der Waals surface area contributed by atoms with Crippen LogP contribution in [-0.2, 0) is 4.79 Å². The summed E-state index contributed by atoms with van der Waals surface area (Å²) in [6.07, 6.45) is 5.24. The minimum atomic E-state index is -0.935. The van der Waals surface area contributed by atoms with Crippen molar-refractivity contribution in [2.75, 3.05) is 62.2 Å². The number of hydrogen-bond donors (Lipinski definition) is 1. The Labute approximate surface area is 192 Å². The van der Waals surface area contributed by atoms with Crippen molar-refractivity contribution in [2.24, 2.45) is 5.92 Å². The van der Waals surface area contributed by atoms with Crippen LogP contribution >= 0.6 is 0 Å². The molecule has 6 rings (SSSR count). The van der Waals surface area contributed by atoms with E-state index in [9.17, 15) is 9.18 Å². The fraction of sp³-hybridized carbons (Fsp3) is 0.458. The summed E-state index contributed by atoms with van der Waals surface area (Å²) < 4.78 is 15.2. The van der Waals surface area contributed by atoms with Gasteiger partial charge in [0.25, 0.3) is 0 Å². The van der Waals surface area contributed by atoms with E-state index in [1.807, 2.05) is 34.1 Å². The average molecular weight is 450 g/mol. The Morgan fingerprint density at radius 1 is 1.00 bits per heavy atom. The number of fused-ring (bicyclic) bond motifs is 1. The second kappa shape index (κ2) is 8.30. The molecule has 5 heterocycles. The van der Waals surface area contributed by atoms with Gasteiger partial charge < -0.3 is 20.0 Å². The molecule has 2 saturated heterocycles. The molecule has 0 radical (unpaired) electrons. The third-order valence-corrected chi connectivity index (χ3v) is 6.97. The van der Waals surface area contributed by atoms with Crippen molar-refractivity contribution in [1.82, 2.24) is 24.8 Å². The van der Waals surface area contributed by atoms with Gasteiger partial charge in [-0.05, 0) is 30.7 Å². The smallest absolute Gasteiger partial charge is 0.228 e. The van der Waals surface area contributed by atoms with Gasteiger partial charge in [0.15, 0.2) is 0 Å². The van der Waals surface area contributed by atoms with Crippen molar-refractivity contribution < 1.29 is 9.18 Å². The van der Waals surface area contributed by atoms with E-state index < -0.39 is 12.1 Å². The molecule has 3 fully saturated rings. The van der Waals surface area contributed by atoms with Crippen LogP contribution in [0.15, 0.2) is 42.9 Å². The lowest BCUT2D eigenvalue weighted by Gasteiger charge is -2.36. The number of pyridine rings is 1. The molecule has 0 unspecified atom stereocenters. The second-order valence-electron chi connectivity index (χ2n) is 9.09. The van der Waals surface area contributed by atoms with Crippen molar-refractivity contribution in [2.45, 2.75) is 12.6 Å². The Bertz CT molecular complexity index is 1150. The number of aromatic nitrogens is 3. The number of halogens is 1. The lowest BCUT2D eigenvalue weighted by Crippen LogP contribution is -2.49. The van der Waals surface area contributed by atoms with Crippen molar-refractivity contribution in [3.8, 4) is 11.1 Å². The highest BCUT2D eigenvalue weighted by Gasteiger charge is 2.46. The van der Waals surface area contributed by atoms with Crippen LogP contribution in [0.4, 0.5) is 15.9 Å². The molecule has 1 aliphatic carbocycles. The van der Waals surface area contributed by atoms with Crippen molar-refractivity contribution in [1.29, 1.82) is 0 Å². The SMILES string of the molecule is O=C([C@@H]1C[C@H]1F)N1CCN(c2ccnn3cc(-c4ccc(N5CCNCC5)nc4)cc23)CC1. The number of amides is 1. The van der Waals surface area contributed by atoms with E-state index in [1.54, 1.807) is 0 Å².